The Balaban J connectivity index is 1.36. The average Bonchev–Trinajstić information content (AvgIpc) is 2.92. The second kappa shape index (κ2) is 8.61. The van der Waals surface area contributed by atoms with E-state index in [1.165, 1.54) is 18.6 Å². The van der Waals surface area contributed by atoms with Crippen LogP contribution in [-0.2, 0) is 9.53 Å². The van der Waals surface area contributed by atoms with E-state index in [9.17, 15) is 14.0 Å². The topological polar surface area (TPSA) is 67.9 Å². The number of hydrogen-bond acceptors (Lipinski definition) is 4. The van der Waals surface area contributed by atoms with E-state index in [0.717, 1.165) is 18.9 Å². The second-order valence-corrected chi connectivity index (χ2v) is 7.23. The molecule has 3 rings (SSSR count). The molecule has 1 saturated carbocycles. The summed E-state index contributed by atoms with van der Waals surface area (Å²) in [7, 11) is 0. The number of ether oxygens (including phenoxy) is 2. The van der Waals surface area contributed by atoms with E-state index in [2.05, 4.69) is 11.9 Å². The van der Waals surface area contributed by atoms with Crippen molar-refractivity contribution in [2.45, 2.75) is 31.8 Å². The lowest BCUT2D eigenvalue weighted by Crippen LogP contribution is -2.33. The summed E-state index contributed by atoms with van der Waals surface area (Å²) in [5, 5.41) is 2.60. The quantitative estimate of drug-likeness (QED) is 0.730. The van der Waals surface area contributed by atoms with Crippen LogP contribution in [0, 0.1) is 11.7 Å². The van der Waals surface area contributed by atoms with Crippen LogP contribution in [0.1, 0.15) is 25.7 Å². The maximum atomic E-state index is 13.3. The van der Waals surface area contributed by atoms with Gasteiger partial charge in [0.25, 0.3) is 5.91 Å². The molecule has 1 heterocycles. The molecular formula is C19H22ClFN2O4. The third-order valence-corrected chi connectivity index (χ3v) is 5.15. The summed E-state index contributed by atoms with van der Waals surface area (Å²) >= 11 is 5.59. The van der Waals surface area contributed by atoms with Crippen LogP contribution >= 0.6 is 11.6 Å². The lowest BCUT2D eigenvalue weighted by molar-refractivity contribution is -0.122. The standard InChI is InChI=1S/C19H22ClFN2O4/c1-12(7-8-23-10-17(27-19(23)25)13-3-2-4-13)22-18(24)11-26-14-5-6-15(20)16(21)9-14/h5-6,9,13,17H,1-4,7-8,10-11H2,(H,22,24)/t17-/m0/s1. The van der Waals surface area contributed by atoms with E-state index in [0.29, 0.717) is 31.1 Å². The Labute approximate surface area is 162 Å². The molecule has 6 nitrogen and oxygen atoms in total. The number of benzene rings is 1. The van der Waals surface area contributed by atoms with Gasteiger partial charge >= 0.3 is 6.09 Å². The number of carbonyl (C=O) groups is 2. The van der Waals surface area contributed by atoms with Crippen LogP contribution in [0.5, 0.6) is 5.75 Å². The second-order valence-electron chi connectivity index (χ2n) is 6.83. The summed E-state index contributed by atoms with van der Waals surface area (Å²) in [5.74, 6) is -0.334. The van der Waals surface area contributed by atoms with Crippen molar-refractivity contribution >= 4 is 23.6 Å². The van der Waals surface area contributed by atoms with Gasteiger partial charge in [-0.1, -0.05) is 24.6 Å². The number of hydrogen-bond donors (Lipinski definition) is 1. The number of rotatable bonds is 8. The van der Waals surface area contributed by atoms with Gasteiger partial charge in [0.2, 0.25) is 0 Å². The highest BCUT2D eigenvalue weighted by molar-refractivity contribution is 6.30. The zero-order valence-corrected chi connectivity index (χ0v) is 15.6. The van der Waals surface area contributed by atoms with Gasteiger partial charge in [0.05, 0.1) is 11.6 Å². The third-order valence-electron chi connectivity index (χ3n) is 4.85. The summed E-state index contributed by atoms with van der Waals surface area (Å²) in [6.45, 7) is 4.55. The summed E-state index contributed by atoms with van der Waals surface area (Å²) in [5.41, 5.74) is 0.478. The highest BCUT2D eigenvalue weighted by Crippen LogP contribution is 2.34. The molecule has 0 spiro atoms. The molecule has 0 unspecified atom stereocenters. The van der Waals surface area contributed by atoms with Crippen molar-refractivity contribution in [2.24, 2.45) is 5.92 Å². The predicted molar refractivity (Wildman–Crippen MR) is 98.0 cm³/mol. The van der Waals surface area contributed by atoms with Crippen LogP contribution in [0.3, 0.4) is 0 Å². The van der Waals surface area contributed by atoms with Crippen LogP contribution in [0.2, 0.25) is 5.02 Å². The van der Waals surface area contributed by atoms with Crippen molar-refractivity contribution < 1.29 is 23.5 Å². The van der Waals surface area contributed by atoms with Crippen molar-refractivity contribution in [2.75, 3.05) is 19.7 Å². The molecule has 1 aromatic carbocycles. The van der Waals surface area contributed by atoms with E-state index >= 15 is 0 Å². The molecule has 1 saturated heterocycles. The Morgan fingerprint density at radius 3 is 2.89 bits per heavy atom. The van der Waals surface area contributed by atoms with Gasteiger partial charge in [0.15, 0.2) is 6.61 Å². The molecule has 1 atom stereocenters. The highest BCUT2D eigenvalue weighted by atomic mass is 35.5. The fourth-order valence-corrected chi connectivity index (χ4v) is 3.17. The van der Waals surface area contributed by atoms with E-state index in [1.54, 1.807) is 4.90 Å². The SMILES string of the molecule is C=C(CCN1C[C@@H](C2CCC2)OC1=O)NC(=O)COc1ccc(Cl)c(F)c1. The van der Waals surface area contributed by atoms with Crippen LogP contribution in [-0.4, -0.2) is 42.7 Å². The molecule has 2 amide bonds. The van der Waals surface area contributed by atoms with Gasteiger partial charge < -0.3 is 19.7 Å². The molecule has 146 valence electrons. The molecule has 27 heavy (non-hydrogen) atoms. The molecule has 2 aliphatic rings. The zero-order chi connectivity index (χ0) is 19.4. The third kappa shape index (κ3) is 5.13. The van der Waals surface area contributed by atoms with Gasteiger partial charge in [0, 0.05) is 24.7 Å². The monoisotopic (exact) mass is 396 g/mol. The van der Waals surface area contributed by atoms with Crippen molar-refractivity contribution in [1.82, 2.24) is 10.2 Å². The summed E-state index contributed by atoms with van der Waals surface area (Å²) in [6.07, 6.45) is 3.54. The zero-order valence-electron chi connectivity index (χ0n) is 14.9. The number of cyclic esters (lactones) is 1. The Bertz CT molecular complexity index is 738. The van der Waals surface area contributed by atoms with Gasteiger partial charge in [-0.2, -0.15) is 0 Å². The van der Waals surface area contributed by atoms with E-state index in [1.807, 2.05) is 0 Å². The largest absolute Gasteiger partial charge is 0.484 e. The first-order chi connectivity index (χ1) is 12.9. The first-order valence-electron chi connectivity index (χ1n) is 8.93. The number of amides is 2. The van der Waals surface area contributed by atoms with Crippen LogP contribution in [0.4, 0.5) is 9.18 Å². The number of carbonyl (C=O) groups excluding carboxylic acids is 2. The molecule has 0 bridgehead atoms. The first-order valence-corrected chi connectivity index (χ1v) is 9.31. The summed E-state index contributed by atoms with van der Waals surface area (Å²) in [4.78, 5) is 25.5. The highest BCUT2D eigenvalue weighted by Gasteiger charge is 2.38. The van der Waals surface area contributed by atoms with Gasteiger partial charge in [-0.3, -0.25) is 4.79 Å². The van der Waals surface area contributed by atoms with Crippen molar-refractivity contribution in [3.63, 3.8) is 0 Å². The van der Waals surface area contributed by atoms with E-state index in [4.69, 9.17) is 21.1 Å². The Hall–Kier alpha value is -2.28. The van der Waals surface area contributed by atoms with Crippen molar-refractivity contribution in [1.29, 1.82) is 0 Å². The lowest BCUT2D eigenvalue weighted by atomic mass is 9.81. The number of halogens is 2. The molecule has 0 radical (unpaired) electrons. The lowest BCUT2D eigenvalue weighted by Gasteiger charge is -2.29. The minimum atomic E-state index is -0.614. The van der Waals surface area contributed by atoms with Crippen LogP contribution < -0.4 is 10.1 Å². The molecule has 0 aromatic heterocycles. The Kier molecular flexibility index (Phi) is 6.21. The van der Waals surface area contributed by atoms with Crippen LogP contribution in [0.15, 0.2) is 30.5 Å². The van der Waals surface area contributed by atoms with Gasteiger partial charge in [0.1, 0.15) is 17.7 Å². The molecule has 2 fully saturated rings. The molecule has 1 aliphatic heterocycles. The minimum absolute atomic E-state index is 0.0118. The Morgan fingerprint density at radius 1 is 1.44 bits per heavy atom. The van der Waals surface area contributed by atoms with Gasteiger partial charge in [-0.15, -0.1) is 0 Å². The summed E-state index contributed by atoms with van der Waals surface area (Å²) in [6, 6.07) is 3.95. The van der Waals surface area contributed by atoms with Crippen molar-refractivity contribution in [3.05, 3.63) is 41.3 Å². The van der Waals surface area contributed by atoms with Crippen LogP contribution in [0.25, 0.3) is 0 Å². The van der Waals surface area contributed by atoms with Gasteiger partial charge in [-0.25, -0.2) is 9.18 Å². The maximum Gasteiger partial charge on any atom is 0.410 e. The predicted octanol–water partition coefficient (Wildman–Crippen LogP) is 3.50. The first kappa shape index (κ1) is 19.5. The number of nitrogens with zero attached hydrogens (tertiary/aromatic N) is 1. The van der Waals surface area contributed by atoms with Gasteiger partial charge in [-0.05, 0) is 30.9 Å². The fraction of sp³-hybridized carbons (Fsp3) is 0.474. The maximum absolute atomic E-state index is 13.3. The van der Waals surface area contributed by atoms with Crippen molar-refractivity contribution in [3.8, 4) is 5.75 Å². The molecular weight excluding hydrogens is 375 g/mol. The smallest absolute Gasteiger partial charge is 0.410 e. The van der Waals surface area contributed by atoms with E-state index < -0.39 is 11.7 Å². The normalized spacial score (nSPS) is 19.4. The minimum Gasteiger partial charge on any atom is -0.484 e. The summed E-state index contributed by atoms with van der Waals surface area (Å²) < 4.78 is 24.0. The molecule has 1 aromatic rings. The molecule has 8 heteroatoms. The molecule has 1 N–H and O–H groups in total. The van der Waals surface area contributed by atoms with E-state index in [-0.39, 0.29) is 29.6 Å². The average molecular weight is 397 g/mol. The Morgan fingerprint density at radius 2 is 2.22 bits per heavy atom. The molecule has 1 aliphatic carbocycles. The number of nitrogens with one attached hydrogen (secondary N) is 1. The fourth-order valence-electron chi connectivity index (χ4n) is 3.05.